The zero-order chi connectivity index (χ0) is 15.0. The topological polar surface area (TPSA) is 48.1 Å². The summed E-state index contributed by atoms with van der Waals surface area (Å²) in [7, 11) is 0. The van der Waals surface area contributed by atoms with Crippen LogP contribution in [0.15, 0.2) is 47.1 Å². The van der Waals surface area contributed by atoms with Crippen molar-refractivity contribution in [1.82, 2.24) is 4.98 Å². The lowest BCUT2D eigenvalue weighted by atomic mass is 10.1. The Kier molecular flexibility index (Phi) is 3.74. The van der Waals surface area contributed by atoms with Crippen LogP contribution in [0.2, 0.25) is 5.02 Å². The molecular weight excluding hydrogens is 352 g/mol. The minimum Gasteiger partial charge on any atom is -0.455 e. The third kappa shape index (κ3) is 2.82. The fourth-order valence-corrected chi connectivity index (χ4v) is 2.82. The molecule has 0 atom stereocenters. The quantitative estimate of drug-likeness (QED) is 0.626. The Morgan fingerprint density at radius 1 is 1.10 bits per heavy atom. The summed E-state index contributed by atoms with van der Waals surface area (Å²) in [4.78, 5) is 4.28. The van der Waals surface area contributed by atoms with Gasteiger partial charge in [0.25, 0.3) is 0 Å². The summed E-state index contributed by atoms with van der Waals surface area (Å²) in [5, 5.41) is 2.33. The van der Waals surface area contributed by atoms with Crippen LogP contribution in [0.25, 0.3) is 10.8 Å². The highest BCUT2D eigenvalue weighted by Gasteiger charge is 2.09. The van der Waals surface area contributed by atoms with Gasteiger partial charge >= 0.3 is 0 Å². The van der Waals surface area contributed by atoms with Crippen LogP contribution < -0.4 is 10.5 Å². The van der Waals surface area contributed by atoms with Crippen molar-refractivity contribution in [2.24, 2.45) is 0 Å². The van der Waals surface area contributed by atoms with Gasteiger partial charge in [0.1, 0.15) is 11.5 Å². The summed E-state index contributed by atoms with van der Waals surface area (Å²) in [6.45, 7) is 1.93. The van der Waals surface area contributed by atoms with Crippen molar-refractivity contribution >= 4 is 44.0 Å². The Balaban J connectivity index is 2.12. The molecule has 3 aromatic rings. The average Bonchev–Trinajstić information content (AvgIpc) is 2.44. The molecule has 0 aliphatic carbocycles. The highest BCUT2D eigenvalue weighted by Crippen LogP contribution is 2.36. The number of ether oxygens (including phenoxy) is 1. The molecule has 1 aromatic heterocycles. The molecule has 0 fully saturated rings. The van der Waals surface area contributed by atoms with Gasteiger partial charge in [0.05, 0.1) is 5.02 Å². The molecule has 3 nitrogen and oxygen atoms in total. The van der Waals surface area contributed by atoms with Gasteiger partial charge in [0.2, 0.25) is 0 Å². The zero-order valence-corrected chi connectivity index (χ0v) is 13.6. The molecule has 0 aliphatic rings. The zero-order valence-electron chi connectivity index (χ0n) is 11.2. The summed E-state index contributed by atoms with van der Waals surface area (Å²) >= 11 is 9.58. The van der Waals surface area contributed by atoms with Gasteiger partial charge in [0.15, 0.2) is 0 Å². The number of nitrogen functional groups attached to an aromatic ring is 1. The third-order valence-electron chi connectivity index (χ3n) is 3.15. The second-order valence-corrected chi connectivity index (χ2v) is 6.02. The first-order valence-electron chi connectivity index (χ1n) is 6.32. The minimum absolute atomic E-state index is 0.542. The molecule has 0 bridgehead atoms. The largest absolute Gasteiger partial charge is 0.455 e. The Labute approximate surface area is 135 Å². The molecule has 2 N–H and O–H groups in total. The number of hydrogen-bond acceptors (Lipinski definition) is 3. The molecule has 1 heterocycles. The smallest absolute Gasteiger partial charge is 0.146 e. The van der Waals surface area contributed by atoms with E-state index < -0.39 is 0 Å². The number of pyridine rings is 1. The maximum absolute atomic E-state index is 6.20. The van der Waals surface area contributed by atoms with Crippen LogP contribution in [0.1, 0.15) is 5.69 Å². The molecule has 0 unspecified atom stereocenters. The van der Waals surface area contributed by atoms with E-state index in [1.807, 2.05) is 31.2 Å². The van der Waals surface area contributed by atoms with E-state index in [9.17, 15) is 0 Å². The Hall–Kier alpha value is -1.78. The van der Waals surface area contributed by atoms with Gasteiger partial charge in [-0.1, -0.05) is 27.5 Å². The van der Waals surface area contributed by atoms with Crippen molar-refractivity contribution in [2.75, 3.05) is 5.73 Å². The van der Waals surface area contributed by atoms with Gasteiger partial charge in [-0.3, -0.25) is 4.98 Å². The average molecular weight is 364 g/mol. The monoisotopic (exact) mass is 362 g/mol. The van der Waals surface area contributed by atoms with E-state index in [-0.39, 0.29) is 0 Å². The van der Waals surface area contributed by atoms with Crippen molar-refractivity contribution in [3.63, 3.8) is 0 Å². The van der Waals surface area contributed by atoms with E-state index in [1.165, 1.54) is 0 Å². The van der Waals surface area contributed by atoms with E-state index in [0.717, 1.165) is 20.9 Å². The van der Waals surface area contributed by atoms with Gasteiger partial charge < -0.3 is 10.5 Å². The van der Waals surface area contributed by atoms with E-state index in [1.54, 1.807) is 18.3 Å². The Bertz CT molecular complexity index is 836. The Morgan fingerprint density at radius 3 is 2.62 bits per heavy atom. The molecule has 0 aliphatic heterocycles. The highest BCUT2D eigenvalue weighted by molar-refractivity contribution is 9.10. The molecule has 106 valence electrons. The second-order valence-electron chi connectivity index (χ2n) is 4.70. The molecule has 5 heteroatoms. The molecule has 0 saturated carbocycles. The van der Waals surface area contributed by atoms with Gasteiger partial charge in [-0.25, -0.2) is 0 Å². The van der Waals surface area contributed by atoms with Crippen LogP contribution in [-0.2, 0) is 0 Å². The van der Waals surface area contributed by atoms with Gasteiger partial charge in [-0.05, 0) is 43.3 Å². The predicted molar refractivity (Wildman–Crippen MR) is 90.1 cm³/mol. The number of aromatic nitrogens is 1. The van der Waals surface area contributed by atoms with E-state index in [2.05, 4.69) is 20.9 Å². The van der Waals surface area contributed by atoms with E-state index >= 15 is 0 Å². The first-order chi connectivity index (χ1) is 10.0. The van der Waals surface area contributed by atoms with Crippen LogP contribution in [0.4, 0.5) is 5.69 Å². The first-order valence-corrected chi connectivity index (χ1v) is 7.49. The number of benzene rings is 2. The standard InChI is InChI=1S/C16H12BrClN2O/c1-9-6-11-12(8-20-9)14(19)3-5-15(11)21-16-4-2-10(17)7-13(16)18/h2-8H,19H2,1H3. The highest BCUT2D eigenvalue weighted by atomic mass is 79.9. The number of halogens is 2. The summed E-state index contributed by atoms with van der Waals surface area (Å²) in [5.41, 5.74) is 7.57. The van der Waals surface area contributed by atoms with Crippen molar-refractivity contribution in [3.8, 4) is 11.5 Å². The molecule has 2 aromatic carbocycles. The van der Waals surface area contributed by atoms with Crippen LogP contribution in [0.3, 0.4) is 0 Å². The number of nitrogens with zero attached hydrogens (tertiary/aromatic N) is 1. The Morgan fingerprint density at radius 2 is 1.86 bits per heavy atom. The van der Waals surface area contributed by atoms with Crippen molar-refractivity contribution in [1.29, 1.82) is 0 Å². The summed E-state index contributed by atoms with van der Waals surface area (Å²) in [6.07, 6.45) is 1.76. The molecular formula is C16H12BrClN2O. The van der Waals surface area contributed by atoms with Crippen molar-refractivity contribution in [3.05, 3.63) is 57.8 Å². The number of anilines is 1. The first kappa shape index (κ1) is 14.2. The summed E-state index contributed by atoms with van der Waals surface area (Å²) in [6, 6.07) is 11.1. The normalized spacial score (nSPS) is 10.8. The maximum atomic E-state index is 6.20. The van der Waals surface area contributed by atoms with Gasteiger partial charge in [0, 0.05) is 32.8 Å². The van der Waals surface area contributed by atoms with Crippen LogP contribution in [0, 0.1) is 6.92 Å². The van der Waals surface area contributed by atoms with Crippen molar-refractivity contribution in [2.45, 2.75) is 6.92 Å². The molecule has 3 rings (SSSR count). The van der Waals surface area contributed by atoms with Crippen LogP contribution >= 0.6 is 27.5 Å². The predicted octanol–water partition coefficient (Wildman–Crippen LogP) is 5.33. The molecule has 0 saturated heterocycles. The molecule has 21 heavy (non-hydrogen) atoms. The summed E-state index contributed by atoms with van der Waals surface area (Å²) < 4.78 is 6.86. The number of aryl methyl sites for hydroxylation is 1. The summed E-state index contributed by atoms with van der Waals surface area (Å²) in [5.74, 6) is 1.30. The van der Waals surface area contributed by atoms with E-state index in [4.69, 9.17) is 22.1 Å². The van der Waals surface area contributed by atoms with Gasteiger partial charge in [-0.2, -0.15) is 0 Å². The van der Waals surface area contributed by atoms with Gasteiger partial charge in [-0.15, -0.1) is 0 Å². The van der Waals surface area contributed by atoms with Crippen LogP contribution in [0.5, 0.6) is 11.5 Å². The number of fused-ring (bicyclic) bond motifs is 1. The number of nitrogens with two attached hydrogens (primary N) is 1. The fourth-order valence-electron chi connectivity index (χ4n) is 2.10. The fraction of sp³-hybridized carbons (Fsp3) is 0.0625. The number of rotatable bonds is 2. The minimum atomic E-state index is 0.542. The second kappa shape index (κ2) is 5.54. The lowest BCUT2D eigenvalue weighted by Crippen LogP contribution is -1.93. The lowest BCUT2D eigenvalue weighted by molar-refractivity contribution is 0.488. The molecule has 0 amide bonds. The molecule has 0 radical (unpaired) electrons. The number of hydrogen-bond donors (Lipinski definition) is 1. The lowest BCUT2D eigenvalue weighted by Gasteiger charge is -2.12. The SMILES string of the molecule is Cc1cc2c(Oc3ccc(Br)cc3Cl)ccc(N)c2cn1. The maximum Gasteiger partial charge on any atom is 0.146 e. The third-order valence-corrected chi connectivity index (χ3v) is 3.93. The van der Waals surface area contributed by atoms with Crippen molar-refractivity contribution < 1.29 is 4.74 Å². The van der Waals surface area contributed by atoms with E-state index in [0.29, 0.717) is 22.2 Å². The molecule has 0 spiro atoms. The van der Waals surface area contributed by atoms with Crippen LogP contribution in [-0.4, -0.2) is 4.98 Å².